The van der Waals surface area contributed by atoms with Crippen LogP contribution >= 0.6 is 0 Å². The van der Waals surface area contributed by atoms with Crippen molar-refractivity contribution >= 4 is 11.9 Å². The summed E-state index contributed by atoms with van der Waals surface area (Å²) in [6.07, 6.45) is -5.09. The van der Waals surface area contributed by atoms with Crippen LogP contribution in [0.4, 0.5) is 13.2 Å². The molecule has 2 atom stereocenters. The first-order valence-electron chi connectivity index (χ1n) is 5.93. The van der Waals surface area contributed by atoms with Gasteiger partial charge < -0.3 is 15.7 Å². The lowest BCUT2D eigenvalue weighted by molar-refractivity contribution is -0.216. The van der Waals surface area contributed by atoms with Gasteiger partial charge in [0, 0.05) is 6.54 Å². The predicted octanol–water partition coefficient (Wildman–Crippen LogP) is 0.754. The Kier molecular flexibility index (Phi) is 4.44. The molecule has 1 rings (SSSR count). The van der Waals surface area contributed by atoms with E-state index in [1.54, 1.807) is 0 Å². The van der Waals surface area contributed by atoms with Gasteiger partial charge in [0.05, 0.1) is 0 Å². The summed E-state index contributed by atoms with van der Waals surface area (Å²) in [4.78, 5) is 22.8. The molecule has 1 saturated heterocycles. The number of carboxylic acid groups (broad SMARTS) is 1. The smallest absolute Gasteiger partial charge is 0.404 e. The van der Waals surface area contributed by atoms with Crippen LogP contribution in [-0.2, 0) is 9.59 Å². The predicted molar refractivity (Wildman–Crippen MR) is 60.4 cm³/mol. The molecule has 0 spiro atoms. The molecule has 0 aromatic heterocycles. The molecule has 0 aliphatic carbocycles. The molecule has 5 nitrogen and oxygen atoms in total. The van der Waals surface area contributed by atoms with E-state index in [-0.39, 0.29) is 13.0 Å². The number of halogens is 3. The Hall–Kier alpha value is -1.31. The minimum atomic E-state index is -4.71. The molecule has 1 amide bonds. The van der Waals surface area contributed by atoms with Crippen LogP contribution in [0.1, 0.15) is 20.3 Å². The van der Waals surface area contributed by atoms with Crippen LogP contribution in [0.3, 0.4) is 0 Å². The third-order valence-corrected chi connectivity index (χ3v) is 3.35. The number of carbonyl (C=O) groups is 2. The first-order chi connectivity index (χ1) is 8.62. The van der Waals surface area contributed by atoms with Gasteiger partial charge in [-0.1, -0.05) is 13.8 Å². The molecule has 19 heavy (non-hydrogen) atoms. The van der Waals surface area contributed by atoms with Crippen molar-refractivity contribution in [2.45, 2.75) is 32.5 Å². The third-order valence-electron chi connectivity index (χ3n) is 3.35. The lowest BCUT2D eigenvalue weighted by Gasteiger charge is -2.31. The molecular formula is C11H17F3N2O3. The maximum absolute atomic E-state index is 13.1. The monoisotopic (exact) mass is 282 g/mol. The van der Waals surface area contributed by atoms with Crippen molar-refractivity contribution in [3.05, 3.63) is 0 Å². The quantitative estimate of drug-likeness (QED) is 0.711. The summed E-state index contributed by atoms with van der Waals surface area (Å²) in [5.74, 6) is -3.11. The number of rotatable bonds is 4. The zero-order valence-electron chi connectivity index (χ0n) is 10.7. The van der Waals surface area contributed by atoms with Gasteiger partial charge in [-0.2, -0.15) is 13.2 Å². The van der Waals surface area contributed by atoms with E-state index in [1.165, 1.54) is 13.8 Å². The van der Waals surface area contributed by atoms with Gasteiger partial charge in [-0.3, -0.25) is 4.79 Å². The van der Waals surface area contributed by atoms with Crippen LogP contribution in [0.5, 0.6) is 0 Å². The molecule has 0 aromatic carbocycles. The highest BCUT2D eigenvalue weighted by Gasteiger charge is 2.61. The van der Waals surface area contributed by atoms with Gasteiger partial charge in [-0.15, -0.1) is 0 Å². The lowest BCUT2D eigenvalue weighted by atomic mass is 9.84. The van der Waals surface area contributed by atoms with Crippen molar-refractivity contribution in [2.75, 3.05) is 13.1 Å². The fraction of sp³-hybridized carbons (Fsp3) is 0.818. The largest absolute Gasteiger partial charge is 0.480 e. The highest BCUT2D eigenvalue weighted by molar-refractivity contribution is 5.88. The fourth-order valence-corrected chi connectivity index (χ4v) is 2.05. The Morgan fingerprint density at radius 3 is 2.26 bits per heavy atom. The number of amides is 1. The number of hydrogen-bond acceptors (Lipinski definition) is 3. The average molecular weight is 282 g/mol. The number of aliphatic carboxylic acids is 1. The number of hydrogen-bond donors (Lipinski definition) is 3. The van der Waals surface area contributed by atoms with Crippen molar-refractivity contribution in [2.24, 2.45) is 11.3 Å². The lowest BCUT2D eigenvalue weighted by Crippen LogP contribution is -2.56. The summed E-state index contributed by atoms with van der Waals surface area (Å²) in [6.45, 7) is 2.59. The second-order valence-electron chi connectivity index (χ2n) is 5.04. The Balaban J connectivity index is 2.93. The summed E-state index contributed by atoms with van der Waals surface area (Å²) in [7, 11) is 0. The summed E-state index contributed by atoms with van der Waals surface area (Å²) in [5.41, 5.74) is -2.53. The van der Waals surface area contributed by atoms with Gasteiger partial charge in [-0.25, -0.2) is 4.79 Å². The van der Waals surface area contributed by atoms with E-state index in [4.69, 9.17) is 5.11 Å². The summed E-state index contributed by atoms with van der Waals surface area (Å²) >= 11 is 0. The molecule has 1 aliphatic heterocycles. The zero-order chi connectivity index (χ0) is 14.8. The summed E-state index contributed by atoms with van der Waals surface area (Å²) in [5, 5.41) is 13.4. The van der Waals surface area contributed by atoms with E-state index in [2.05, 4.69) is 5.32 Å². The molecule has 110 valence electrons. The standard InChI is InChI=1S/C11H17F3N2O3/c1-6(2)7(8(17)18)16-9(19)10(11(12,13)14)3-4-15-5-10/h6-7,15H,3-5H2,1-2H3,(H,16,19)(H,17,18). The fourth-order valence-electron chi connectivity index (χ4n) is 2.05. The van der Waals surface area contributed by atoms with Crippen molar-refractivity contribution in [3.8, 4) is 0 Å². The maximum atomic E-state index is 13.1. The second-order valence-corrected chi connectivity index (χ2v) is 5.04. The van der Waals surface area contributed by atoms with E-state index in [0.717, 1.165) is 0 Å². The molecule has 2 unspecified atom stereocenters. The molecule has 1 fully saturated rings. The Morgan fingerprint density at radius 2 is 1.95 bits per heavy atom. The highest BCUT2D eigenvalue weighted by Crippen LogP contribution is 2.43. The Morgan fingerprint density at radius 1 is 1.37 bits per heavy atom. The number of nitrogens with one attached hydrogen (secondary N) is 2. The molecule has 1 aliphatic rings. The van der Waals surface area contributed by atoms with Crippen LogP contribution in [0.15, 0.2) is 0 Å². The van der Waals surface area contributed by atoms with Gasteiger partial charge in [0.2, 0.25) is 5.91 Å². The Labute approximate surface area is 108 Å². The van der Waals surface area contributed by atoms with Crippen molar-refractivity contribution in [1.82, 2.24) is 10.6 Å². The molecule has 8 heteroatoms. The normalized spacial score (nSPS) is 25.4. The molecule has 0 aromatic rings. The minimum absolute atomic E-state index is 0.0757. The van der Waals surface area contributed by atoms with E-state index < -0.39 is 42.0 Å². The molecule has 0 radical (unpaired) electrons. The molecular weight excluding hydrogens is 265 g/mol. The van der Waals surface area contributed by atoms with Crippen LogP contribution in [0.25, 0.3) is 0 Å². The van der Waals surface area contributed by atoms with Crippen molar-refractivity contribution in [3.63, 3.8) is 0 Å². The average Bonchev–Trinajstić information content (AvgIpc) is 2.73. The van der Waals surface area contributed by atoms with Gasteiger partial charge in [0.15, 0.2) is 5.41 Å². The first-order valence-corrected chi connectivity index (χ1v) is 5.93. The van der Waals surface area contributed by atoms with Crippen LogP contribution in [0.2, 0.25) is 0 Å². The van der Waals surface area contributed by atoms with Gasteiger partial charge in [-0.05, 0) is 18.9 Å². The molecule has 0 saturated carbocycles. The van der Waals surface area contributed by atoms with E-state index in [0.29, 0.717) is 0 Å². The van der Waals surface area contributed by atoms with Crippen molar-refractivity contribution in [1.29, 1.82) is 0 Å². The second kappa shape index (κ2) is 5.36. The number of carbonyl (C=O) groups excluding carboxylic acids is 1. The van der Waals surface area contributed by atoms with Crippen LogP contribution in [0, 0.1) is 11.3 Å². The third kappa shape index (κ3) is 2.99. The summed E-state index contributed by atoms with van der Waals surface area (Å²) in [6, 6.07) is -1.33. The van der Waals surface area contributed by atoms with Crippen LogP contribution in [-0.4, -0.2) is 42.3 Å². The minimum Gasteiger partial charge on any atom is -0.480 e. The summed E-state index contributed by atoms with van der Waals surface area (Å²) < 4.78 is 39.2. The van der Waals surface area contributed by atoms with E-state index >= 15 is 0 Å². The molecule has 1 heterocycles. The zero-order valence-corrected chi connectivity index (χ0v) is 10.7. The van der Waals surface area contributed by atoms with Gasteiger partial charge >= 0.3 is 12.1 Å². The number of alkyl halides is 3. The maximum Gasteiger partial charge on any atom is 0.404 e. The van der Waals surface area contributed by atoms with Gasteiger partial charge in [0.1, 0.15) is 6.04 Å². The SMILES string of the molecule is CC(C)C(NC(=O)C1(C(F)(F)F)CCNC1)C(=O)O. The van der Waals surface area contributed by atoms with E-state index in [9.17, 15) is 22.8 Å². The van der Waals surface area contributed by atoms with Crippen molar-refractivity contribution < 1.29 is 27.9 Å². The topological polar surface area (TPSA) is 78.4 Å². The first kappa shape index (κ1) is 15.7. The Bertz CT molecular complexity index is 363. The highest BCUT2D eigenvalue weighted by atomic mass is 19.4. The molecule has 0 bridgehead atoms. The van der Waals surface area contributed by atoms with Gasteiger partial charge in [0.25, 0.3) is 0 Å². The molecule has 3 N–H and O–H groups in total. The number of carboxylic acids is 1. The van der Waals surface area contributed by atoms with Crippen LogP contribution < -0.4 is 10.6 Å². The van der Waals surface area contributed by atoms with E-state index in [1.807, 2.05) is 5.32 Å².